The third-order valence-corrected chi connectivity index (χ3v) is 4.33. The smallest absolute Gasteiger partial charge is 0.157 e. The van der Waals surface area contributed by atoms with E-state index in [1.165, 1.54) is 37.7 Å². The van der Waals surface area contributed by atoms with Crippen LogP contribution in [0.25, 0.3) is 0 Å². The summed E-state index contributed by atoms with van der Waals surface area (Å²) in [4.78, 5) is 0. The third kappa shape index (κ3) is 1.24. The number of hydrogen-bond donors (Lipinski definition) is 2. The molecule has 2 bridgehead atoms. The molecular formula is C13H16O2. The largest absolute Gasteiger partial charge is 0.504 e. The highest BCUT2D eigenvalue weighted by atomic mass is 16.3. The van der Waals surface area contributed by atoms with E-state index in [4.69, 9.17) is 0 Å². The topological polar surface area (TPSA) is 40.5 Å². The Kier molecular flexibility index (Phi) is 1.76. The van der Waals surface area contributed by atoms with Crippen molar-refractivity contribution in [3.05, 3.63) is 23.8 Å². The van der Waals surface area contributed by atoms with Crippen LogP contribution < -0.4 is 0 Å². The molecule has 0 radical (unpaired) electrons. The van der Waals surface area contributed by atoms with Gasteiger partial charge < -0.3 is 10.2 Å². The molecule has 2 heteroatoms. The Labute approximate surface area is 89.6 Å². The van der Waals surface area contributed by atoms with Gasteiger partial charge in [0.1, 0.15) is 0 Å². The molecule has 0 heterocycles. The van der Waals surface area contributed by atoms with Crippen molar-refractivity contribution in [3.8, 4) is 11.5 Å². The van der Waals surface area contributed by atoms with Gasteiger partial charge in [0.2, 0.25) is 0 Å². The fraction of sp³-hybridized carbons (Fsp3) is 0.538. The maximum Gasteiger partial charge on any atom is 0.157 e. The first-order valence-corrected chi connectivity index (χ1v) is 5.72. The lowest BCUT2D eigenvalue weighted by molar-refractivity contribution is 0.392. The van der Waals surface area contributed by atoms with Gasteiger partial charge in [-0.25, -0.2) is 0 Å². The van der Waals surface area contributed by atoms with Gasteiger partial charge in [-0.1, -0.05) is 6.07 Å². The normalized spacial score (nSPS) is 33.5. The zero-order chi connectivity index (χ0) is 10.5. The molecule has 2 aliphatic rings. The van der Waals surface area contributed by atoms with E-state index in [1.54, 1.807) is 12.1 Å². The summed E-state index contributed by atoms with van der Waals surface area (Å²) in [6.45, 7) is 0. The molecule has 0 aliphatic heterocycles. The standard InChI is InChI=1S/C13H16O2/c14-11-2-1-10(7-12(11)15)13-5-3-9(8-13)4-6-13/h1-2,7,9,14-15H,3-6,8H2. The SMILES string of the molecule is Oc1ccc(C23CCC(CC2)C3)cc1O. The van der Waals surface area contributed by atoms with E-state index in [2.05, 4.69) is 0 Å². The summed E-state index contributed by atoms with van der Waals surface area (Å²) in [5.74, 6) is 0.917. The molecule has 15 heavy (non-hydrogen) atoms. The molecule has 2 N–H and O–H groups in total. The second kappa shape index (κ2) is 2.91. The molecule has 0 amide bonds. The zero-order valence-electron chi connectivity index (χ0n) is 8.74. The zero-order valence-corrected chi connectivity index (χ0v) is 8.74. The molecule has 0 spiro atoms. The number of rotatable bonds is 1. The highest BCUT2D eigenvalue weighted by Crippen LogP contribution is 2.55. The summed E-state index contributed by atoms with van der Waals surface area (Å²) in [6.07, 6.45) is 6.45. The number of benzene rings is 1. The van der Waals surface area contributed by atoms with Crippen LogP contribution in [0.3, 0.4) is 0 Å². The fourth-order valence-corrected chi connectivity index (χ4v) is 3.45. The summed E-state index contributed by atoms with van der Waals surface area (Å²) < 4.78 is 0. The van der Waals surface area contributed by atoms with Crippen LogP contribution >= 0.6 is 0 Å². The van der Waals surface area contributed by atoms with Gasteiger partial charge in [-0.15, -0.1) is 0 Å². The molecule has 2 nitrogen and oxygen atoms in total. The average molecular weight is 204 g/mol. The van der Waals surface area contributed by atoms with Gasteiger partial charge in [-0.05, 0) is 61.1 Å². The maximum absolute atomic E-state index is 9.53. The van der Waals surface area contributed by atoms with Crippen molar-refractivity contribution in [1.82, 2.24) is 0 Å². The number of hydrogen-bond acceptors (Lipinski definition) is 2. The van der Waals surface area contributed by atoms with E-state index in [-0.39, 0.29) is 11.5 Å². The minimum Gasteiger partial charge on any atom is -0.504 e. The van der Waals surface area contributed by atoms with Gasteiger partial charge in [-0.2, -0.15) is 0 Å². The molecule has 80 valence electrons. The van der Waals surface area contributed by atoms with Gasteiger partial charge in [0.05, 0.1) is 0 Å². The average Bonchev–Trinajstić information content (AvgIpc) is 2.83. The van der Waals surface area contributed by atoms with Gasteiger partial charge in [0.15, 0.2) is 11.5 Å². The molecule has 2 fully saturated rings. The molecule has 0 aromatic heterocycles. The van der Waals surface area contributed by atoms with E-state index in [1.807, 2.05) is 6.07 Å². The summed E-state index contributed by atoms with van der Waals surface area (Å²) in [7, 11) is 0. The Morgan fingerprint density at radius 3 is 2.33 bits per heavy atom. The Morgan fingerprint density at radius 2 is 1.80 bits per heavy atom. The number of phenolic OH excluding ortho intramolecular Hbond substituents is 2. The number of phenols is 2. The molecule has 0 atom stereocenters. The second-order valence-corrected chi connectivity index (χ2v) is 5.13. The van der Waals surface area contributed by atoms with Crippen molar-refractivity contribution in [2.75, 3.05) is 0 Å². The predicted molar refractivity (Wildman–Crippen MR) is 58.0 cm³/mol. The third-order valence-electron chi connectivity index (χ3n) is 4.33. The van der Waals surface area contributed by atoms with Crippen molar-refractivity contribution in [1.29, 1.82) is 0 Å². The first-order valence-electron chi connectivity index (χ1n) is 5.72. The highest BCUT2D eigenvalue weighted by Gasteiger charge is 2.45. The van der Waals surface area contributed by atoms with Crippen LogP contribution in [-0.4, -0.2) is 10.2 Å². The summed E-state index contributed by atoms with van der Waals surface area (Å²) in [5.41, 5.74) is 1.54. The minimum absolute atomic E-state index is 0.0114. The molecular weight excluding hydrogens is 188 g/mol. The van der Waals surface area contributed by atoms with E-state index in [0.29, 0.717) is 5.41 Å². The first kappa shape index (κ1) is 9.08. The van der Waals surface area contributed by atoms with Crippen molar-refractivity contribution < 1.29 is 10.2 Å². The minimum atomic E-state index is -0.0114. The Morgan fingerprint density at radius 1 is 1.07 bits per heavy atom. The first-order chi connectivity index (χ1) is 7.20. The fourth-order valence-electron chi connectivity index (χ4n) is 3.45. The Hall–Kier alpha value is -1.18. The van der Waals surface area contributed by atoms with Crippen LogP contribution in [-0.2, 0) is 5.41 Å². The summed E-state index contributed by atoms with van der Waals surface area (Å²) in [5, 5.41) is 18.8. The van der Waals surface area contributed by atoms with Crippen molar-refractivity contribution in [3.63, 3.8) is 0 Å². The van der Waals surface area contributed by atoms with Crippen molar-refractivity contribution in [2.24, 2.45) is 5.92 Å². The summed E-state index contributed by atoms with van der Waals surface area (Å²) in [6, 6.07) is 5.34. The van der Waals surface area contributed by atoms with Crippen LogP contribution in [0.4, 0.5) is 0 Å². The monoisotopic (exact) mass is 204 g/mol. The van der Waals surface area contributed by atoms with Crippen LogP contribution in [0.1, 0.15) is 37.7 Å². The summed E-state index contributed by atoms with van der Waals surface area (Å²) >= 11 is 0. The lowest BCUT2D eigenvalue weighted by Gasteiger charge is -2.27. The lowest BCUT2D eigenvalue weighted by atomic mass is 9.78. The van der Waals surface area contributed by atoms with Gasteiger partial charge in [0.25, 0.3) is 0 Å². The maximum atomic E-state index is 9.53. The quantitative estimate of drug-likeness (QED) is 0.690. The second-order valence-electron chi connectivity index (χ2n) is 5.13. The van der Waals surface area contributed by atoms with E-state index < -0.39 is 0 Å². The Bertz CT molecular complexity index is 390. The molecule has 1 aromatic carbocycles. The molecule has 3 rings (SSSR count). The van der Waals surface area contributed by atoms with Gasteiger partial charge in [-0.3, -0.25) is 0 Å². The molecule has 0 unspecified atom stereocenters. The van der Waals surface area contributed by atoms with E-state index in [9.17, 15) is 10.2 Å². The Balaban J connectivity index is 2.02. The molecule has 2 saturated carbocycles. The number of aromatic hydroxyl groups is 2. The van der Waals surface area contributed by atoms with E-state index in [0.717, 1.165) is 5.92 Å². The van der Waals surface area contributed by atoms with Crippen molar-refractivity contribution in [2.45, 2.75) is 37.5 Å². The van der Waals surface area contributed by atoms with Gasteiger partial charge in [0, 0.05) is 0 Å². The predicted octanol–water partition coefficient (Wildman–Crippen LogP) is 2.93. The molecule has 1 aromatic rings. The van der Waals surface area contributed by atoms with Crippen LogP contribution in [0, 0.1) is 5.92 Å². The van der Waals surface area contributed by atoms with Crippen LogP contribution in [0.5, 0.6) is 11.5 Å². The highest BCUT2D eigenvalue weighted by molar-refractivity contribution is 5.44. The van der Waals surface area contributed by atoms with Crippen LogP contribution in [0.2, 0.25) is 0 Å². The lowest BCUT2D eigenvalue weighted by Crippen LogP contribution is -2.19. The van der Waals surface area contributed by atoms with Crippen LogP contribution in [0.15, 0.2) is 18.2 Å². The molecule has 0 saturated heterocycles. The van der Waals surface area contributed by atoms with Gasteiger partial charge >= 0.3 is 0 Å². The number of fused-ring (bicyclic) bond motifs is 2. The van der Waals surface area contributed by atoms with Crippen molar-refractivity contribution >= 4 is 0 Å². The van der Waals surface area contributed by atoms with E-state index >= 15 is 0 Å². The molecule has 2 aliphatic carbocycles.